The highest BCUT2D eigenvalue weighted by Gasteiger charge is 2.11. The molecule has 0 amide bonds. The van der Waals surface area contributed by atoms with E-state index in [9.17, 15) is 0 Å². The molecule has 0 spiro atoms. The van der Waals surface area contributed by atoms with Crippen molar-refractivity contribution in [1.29, 1.82) is 0 Å². The Kier molecular flexibility index (Phi) is 4.38. The summed E-state index contributed by atoms with van der Waals surface area (Å²) in [6.07, 6.45) is 0. The van der Waals surface area contributed by atoms with Crippen LogP contribution in [0.2, 0.25) is 5.02 Å². The van der Waals surface area contributed by atoms with E-state index in [0.717, 1.165) is 16.3 Å². The van der Waals surface area contributed by atoms with Crippen LogP contribution in [0.4, 0.5) is 11.4 Å². The summed E-state index contributed by atoms with van der Waals surface area (Å²) >= 11 is 12.1. The van der Waals surface area contributed by atoms with Crippen molar-refractivity contribution in [1.82, 2.24) is 0 Å². The number of rotatable bonds is 3. The maximum atomic E-state index is 6.10. The molecule has 19 heavy (non-hydrogen) atoms. The summed E-state index contributed by atoms with van der Waals surface area (Å²) in [6, 6.07) is 12.2. The summed E-state index contributed by atoms with van der Waals surface area (Å²) in [5.41, 5.74) is 5.79. The number of nitrogens with zero attached hydrogens (tertiary/aromatic N) is 1. The zero-order valence-corrected chi connectivity index (χ0v) is 12.9. The van der Waals surface area contributed by atoms with Crippen LogP contribution in [-0.4, -0.2) is 7.05 Å². The smallest absolute Gasteiger partial charge is 0.0494 e. The fourth-order valence-corrected chi connectivity index (χ4v) is 2.67. The van der Waals surface area contributed by atoms with E-state index in [1.165, 1.54) is 16.8 Å². The molecule has 0 aliphatic heterocycles. The Morgan fingerprint density at radius 2 is 1.74 bits per heavy atom. The van der Waals surface area contributed by atoms with Crippen molar-refractivity contribution >= 4 is 34.6 Å². The van der Waals surface area contributed by atoms with Gasteiger partial charge in [-0.25, -0.2) is 0 Å². The summed E-state index contributed by atoms with van der Waals surface area (Å²) in [5.74, 6) is 0.474. The number of anilines is 2. The summed E-state index contributed by atoms with van der Waals surface area (Å²) in [4.78, 5) is 2.14. The molecular weight excluding hydrogens is 277 g/mol. The third-order valence-corrected chi connectivity index (χ3v) is 3.79. The maximum absolute atomic E-state index is 6.10. The highest BCUT2D eigenvalue weighted by molar-refractivity contribution is 6.31. The topological polar surface area (TPSA) is 3.24 Å². The molecule has 0 saturated heterocycles. The fourth-order valence-electron chi connectivity index (χ4n) is 2.27. The first-order chi connectivity index (χ1) is 9.02. The molecule has 0 heterocycles. The second-order valence-corrected chi connectivity index (χ2v) is 5.46. The van der Waals surface area contributed by atoms with E-state index in [2.05, 4.69) is 36.9 Å². The van der Waals surface area contributed by atoms with Gasteiger partial charge >= 0.3 is 0 Å². The molecule has 0 unspecified atom stereocenters. The first-order valence-electron chi connectivity index (χ1n) is 6.18. The van der Waals surface area contributed by atoms with Crippen molar-refractivity contribution in [3.05, 3.63) is 58.1 Å². The van der Waals surface area contributed by atoms with E-state index >= 15 is 0 Å². The van der Waals surface area contributed by atoms with Gasteiger partial charge in [0, 0.05) is 29.3 Å². The molecule has 2 rings (SSSR count). The number of hydrogen-bond acceptors (Lipinski definition) is 1. The molecule has 2 aromatic rings. The number of aryl methyl sites for hydroxylation is 2. The summed E-state index contributed by atoms with van der Waals surface area (Å²) < 4.78 is 0. The molecule has 0 aliphatic carbocycles. The SMILES string of the molecule is Cc1ccc(N(C)c2cc(Cl)ccc2CCl)c(C)c1. The molecule has 1 nitrogen and oxygen atoms in total. The lowest BCUT2D eigenvalue weighted by Gasteiger charge is -2.24. The summed E-state index contributed by atoms with van der Waals surface area (Å²) in [7, 11) is 2.04. The van der Waals surface area contributed by atoms with E-state index in [0.29, 0.717) is 5.88 Å². The fraction of sp³-hybridized carbons (Fsp3) is 0.250. The maximum Gasteiger partial charge on any atom is 0.0494 e. The van der Waals surface area contributed by atoms with Crippen LogP contribution in [0.15, 0.2) is 36.4 Å². The number of benzene rings is 2. The summed E-state index contributed by atoms with van der Waals surface area (Å²) in [5, 5.41) is 0.723. The van der Waals surface area contributed by atoms with Crippen LogP contribution >= 0.6 is 23.2 Å². The first kappa shape index (κ1) is 14.2. The molecule has 0 saturated carbocycles. The van der Waals surface area contributed by atoms with Gasteiger partial charge < -0.3 is 4.90 Å². The van der Waals surface area contributed by atoms with Crippen LogP contribution in [0.1, 0.15) is 16.7 Å². The molecule has 0 bridgehead atoms. The van der Waals surface area contributed by atoms with Crippen LogP contribution in [0.5, 0.6) is 0 Å². The Morgan fingerprint density at radius 3 is 2.37 bits per heavy atom. The molecule has 100 valence electrons. The molecule has 0 aliphatic rings. The highest BCUT2D eigenvalue weighted by atomic mass is 35.5. The van der Waals surface area contributed by atoms with Gasteiger partial charge in [0.15, 0.2) is 0 Å². The normalized spacial score (nSPS) is 10.6. The zero-order valence-electron chi connectivity index (χ0n) is 11.4. The van der Waals surface area contributed by atoms with Crippen LogP contribution in [-0.2, 0) is 5.88 Å². The summed E-state index contributed by atoms with van der Waals surface area (Å²) in [6.45, 7) is 4.21. The van der Waals surface area contributed by atoms with Crippen molar-refractivity contribution in [3.8, 4) is 0 Å². The average molecular weight is 294 g/mol. The minimum absolute atomic E-state index is 0.474. The largest absolute Gasteiger partial charge is 0.344 e. The molecular formula is C16H17Cl2N. The first-order valence-corrected chi connectivity index (χ1v) is 7.09. The Morgan fingerprint density at radius 1 is 1.00 bits per heavy atom. The molecule has 0 radical (unpaired) electrons. The average Bonchev–Trinajstić information content (AvgIpc) is 2.38. The lowest BCUT2D eigenvalue weighted by molar-refractivity contribution is 1.15. The van der Waals surface area contributed by atoms with Gasteiger partial charge in [0.2, 0.25) is 0 Å². The van der Waals surface area contributed by atoms with Gasteiger partial charge in [0.1, 0.15) is 0 Å². The second-order valence-electron chi connectivity index (χ2n) is 4.76. The molecule has 0 atom stereocenters. The van der Waals surface area contributed by atoms with E-state index < -0.39 is 0 Å². The van der Waals surface area contributed by atoms with Gasteiger partial charge in [-0.2, -0.15) is 0 Å². The highest BCUT2D eigenvalue weighted by Crippen LogP contribution is 2.32. The predicted molar refractivity (Wildman–Crippen MR) is 85.0 cm³/mol. The minimum Gasteiger partial charge on any atom is -0.344 e. The van der Waals surface area contributed by atoms with Crippen LogP contribution < -0.4 is 4.90 Å². The van der Waals surface area contributed by atoms with Gasteiger partial charge in [-0.3, -0.25) is 0 Å². The van der Waals surface area contributed by atoms with E-state index in [4.69, 9.17) is 23.2 Å². The van der Waals surface area contributed by atoms with E-state index in [1.807, 2.05) is 25.2 Å². The van der Waals surface area contributed by atoms with Crippen LogP contribution in [0.3, 0.4) is 0 Å². The number of alkyl halides is 1. The van der Waals surface area contributed by atoms with Gasteiger partial charge in [-0.05, 0) is 43.2 Å². The van der Waals surface area contributed by atoms with Crippen LogP contribution in [0, 0.1) is 13.8 Å². The molecule has 0 N–H and O–H groups in total. The van der Waals surface area contributed by atoms with Crippen molar-refractivity contribution in [2.24, 2.45) is 0 Å². The van der Waals surface area contributed by atoms with Crippen molar-refractivity contribution < 1.29 is 0 Å². The second kappa shape index (κ2) is 5.85. The van der Waals surface area contributed by atoms with Crippen molar-refractivity contribution in [2.45, 2.75) is 19.7 Å². The van der Waals surface area contributed by atoms with Crippen LogP contribution in [0.25, 0.3) is 0 Å². The third kappa shape index (κ3) is 3.05. The number of hydrogen-bond donors (Lipinski definition) is 0. The predicted octanol–water partition coefficient (Wildman–Crippen LogP) is 5.46. The number of halogens is 2. The molecule has 0 aromatic heterocycles. The lowest BCUT2D eigenvalue weighted by Crippen LogP contribution is -2.12. The van der Waals surface area contributed by atoms with E-state index in [1.54, 1.807) is 0 Å². The zero-order chi connectivity index (χ0) is 14.0. The molecule has 2 aromatic carbocycles. The quantitative estimate of drug-likeness (QED) is 0.679. The van der Waals surface area contributed by atoms with Gasteiger partial charge in [-0.15, -0.1) is 11.6 Å². The van der Waals surface area contributed by atoms with Crippen molar-refractivity contribution in [3.63, 3.8) is 0 Å². The van der Waals surface area contributed by atoms with Gasteiger partial charge in [0.05, 0.1) is 0 Å². The van der Waals surface area contributed by atoms with Gasteiger partial charge in [-0.1, -0.05) is 35.4 Å². The monoisotopic (exact) mass is 293 g/mol. The molecule has 0 fully saturated rings. The Hall–Kier alpha value is -1.18. The van der Waals surface area contributed by atoms with Gasteiger partial charge in [0.25, 0.3) is 0 Å². The Balaban J connectivity index is 2.49. The Labute approximate surface area is 124 Å². The third-order valence-electron chi connectivity index (χ3n) is 3.27. The lowest BCUT2D eigenvalue weighted by atomic mass is 10.1. The molecule has 3 heteroatoms. The minimum atomic E-state index is 0.474. The van der Waals surface area contributed by atoms with E-state index in [-0.39, 0.29) is 0 Å². The van der Waals surface area contributed by atoms with Crippen molar-refractivity contribution in [2.75, 3.05) is 11.9 Å². The standard InChI is InChI=1S/C16H17Cl2N/c1-11-4-7-15(12(2)8-11)19(3)16-9-14(18)6-5-13(16)10-17/h4-9H,10H2,1-3H3. The Bertz CT molecular complexity index is 593.